The highest BCUT2D eigenvalue weighted by atomic mass is 16.5. The van der Waals surface area contributed by atoms with Gasteiger partial charge >= 0.3 is 0 Å². The van der Waals surface area contributed by atoms with Gasteiger partial charge in [0.05, 0.1) is 16.6 Å². The Hall–Kier alpha value is -2.86. The van der Waals surface area contributed by atoms with Gasteiger partial charge in [-0.2, -0.15) is 0 Å². The summed E-state index contributed by atoms with van der Waals surface area (Å²) >= 11 is 0. The number of fused-ring (bicyclic) bond motifs is 2. The van der Waals surface area contributed by atoms with Crippen LogP contribution in [0.5, 0.6) is 0 Å². The van der Waals surface area contributed by atoms with Gasteiger partial charge in [-0.15, -0.1) is 0 Å². The second-order valence-corrected chi connectivity index (χ2v) is 6.80. The van der Waals surface area contributed by atoms with Gasteiger partial charge in [-0.1, -0.05) is 29.4 Å². The Kier molecular flexibility index (Phi) is 4.58. The lowest BCUT2D eigenvalue weighted by Gasteiger charge is -2.21. The SMILES string of the molecule is CCOCCCNc1cc(N(C)C)c2noc3c2c1C(=O)c1ccccc1-3. The van der Waals surface area contributed by atoms with Crippen molar-refractivity contribution in [1.29, 1.82) is 0 Å². The van der Waals surface area contributed by atoms with E-state index in [4.69, 9.17) is 9.26 Å². The second kappa shape index (κ2) is 7.04. The molecule has 0 saturated heterocycles. The summed E-state index contributed by atoms with van der Waals surface area (Å²) in [6, 6.07) is 9.52. The van der Waals surface area contributed by atoms with Crippen molar-refractivity contribution in [2.45, 2.75) is 13.3 Å². The van der Waals surface area contributed by atoms with E-state index in [1.54, 1.807) is 0 Å². The molecule has 0 atom stereocenters. The average Bonchev–Trinajstić information content (AvgIpc) is 3.11. The van der Waals surface area contributed by atoms with E-state index in [1.165, 1.54) is 0 Å². The predicted octanol–water partition coefficient (Wildman–Crippen LogP) is 3.94. The van der Waals surface area contributed by atoms with Crippen LogP contribution in [0.1, 0.15) is 29.3 Å². The summed E-state index contributed by atoms with van der Waals surface area (Å²) in [7, 11) is 3.92. The zero-order valence-corrected chi connectivity index (χ0v) is 15.8. The summed E-state index contributed by atoms with van der Waals surface area (Å²) in [5.41, 5.74) is 4.54. The van der Waals surface area contributed by atoms with Crippen LogP contribution in [0.15, 0.2) is 34.9 Å². The lowest BCUT2D eigenvalue weighted by Crippen LogP contribution is -2.16. The molecule has 0 saturated carbocycles. The number of aromatic nitrogens is 1. The Morgan fingerprint density at radius 2 is 2.00 bits per heavy atom. The molecule has 0 amide bonds. The van der Waals surface area contributed by atoms with Gasteiger partial charge in [0.2, 0.25) is 0 Å². The molecular formula is C21H23N3O3. The summed E-state index contributed by atoms with van der Waals surface area (Å²) in [6.45, 7) is 4.11. The van der Waals surface area contributed by atoms with Crippen LogP contribution in [0.2, 0.25) is 0 Å². The first-order chi connectivity index (χ1) is 13.1. The first-order valence-corrected chi connectivity index (χ1v) is 9.23. The molecule has 1 N–H and O–H groups in total. The fraction of sp³-hybridized carbons (Fsp3) is 0.333. The van der Waals surface area contributed by atoms with E-state index < -0.39 is 0 Å². The minimum Gasteiger partial charge on any atom is -0.384 e. The van der Waals surface area contributed by atoms with Crippen molar-refractivity contribution in [3.8, 4) is 11.3 Å². The number of nitrogens with one attached hydrogen (secondary N) is 1. The molecule has 1 aromatic heterocycles. The predicted molar refractivity (Wildman–Crippen MR) is 107 cm³/mol. The maximum absolute atomic E-state index is 13.3. The quantitative estimate of drug-likeness (QED) is 0.500. The Morgan fingerprint density at radius 3 is 2.74 bits per heavy atom. The molecule has 0 spiro atoms. The third kappa shape index (κ3) is 2.86. The Balaban J connectivity index is 1.85. The molecule has 6 nitrogen and oxygen atoms in total. The van der Waals surface area contributed by atoms with E-state index in [0.29, 0.717) is 35.6 Å². The number of rotatable bonds is 7. The van der Waals surface area contributed by atoms with Gasteiger partial charge in [-0.25, -0.2) is 0 Å². The van der Waals surface area contributed by atoms with Gasteiger partial charge in [0.15, 0.2) is 11.5 Å². The number of hydrogen-bond acceptors (Lipinski definition) is 6. The molecule has 0 aliphatic heterocycles. The normalized spacial score (nSPS) is 12.3. The Labute approximate surface area is 158 Å². The van der Waals surface area contributed by atoms with Crippen molar-refractivity contribution in [3.05, 3.63) is 41.5 Å². The van der Waals surface area contributed by atoms with Crippen LogP contribution in [0.4, 0.5) is 11.4 Å². The zero-order chi connectivity index (χ0) is 19.0. The first-order valence-electron chi connectivity index (χ1n) is 9.23. The maximum atomic E-state index is 13.3. The van der Waals surface area contributed by atoms with Gasteiger partial charge in [0, 0.05) is 50.7 Å². The molecule has 0 bridgehead atoms. The number of carbonyl (C=O) groups excluding carboxylic acids is 1. The van der Waals surface area contributed by atoms with Crippen LogP contribution in [-0.2, 0) is 4.74 Å². The summed E-state index contributed by atoms with van der Waals surface area (Å²) in [5, 5.41) is 8.50. The molecule has 3 aromatic rings. The van der Waals surface area contributed by atoms with Gasteiger partial charge in [0.25, 0.3) is 0 Å². The minimum absolute atomic E-state index is 0.00362. The fourth-order valence-electron chi connectivity index (χ4n) is 3.56. The van der Waals surface area contributed by atoms with Gasteiger partial charge in [0.1, 0.15) is 5.52 Å². The molecule has 0 fully saturated rings. The number of carbonyl (C=O) groups is 1. The van der Waals surface area contributed by atoms with Crippen LogP contribution in [-0.4, -0.2) is 44.8 Å². The molecule has 6 heteroatoms. The van der Waals surface area contributed by atoms with Crippen molar-refractivity contribution >= 4 is 28.1 Å². The smallest absolute Gasteiger partial charge is 0.196 e. The highest BCUT2D eigenvalue weighted by molar-refractivity contribution is 6.28. The number of ether oxygens (including phenoxy) is 1. The lowest BCUT2D eigenvalue weighted by molar-refractivity contribution is 0.104. The van der Waals surface area contributed by atoms with Crippen molar-refractivity contribution < 1.29 is 14.1 Å². The molecule has 27 heavy (non-hydrogen) atoms. The molecule has 2 aromatic carbocycles. The molecule has 140 valence electrons. The van der Waals surface area contributed by atoms with E-state index in [0.717, 1.165) is 35.3 Å². The molecular weight excluding hydrogens is 342 g/mol. The molecule has 0 radical (unpaired) electrons. The third-order valence-electron chi connectivity index (χ3n) is 4.85. The van der Waals surface area contributed by atoms with Crippen LogP contribution in [0, 0.1) is 0 Å². The number of nitrogens with zero attached hydrogens (tertiary/aromatic N) is 2. The van der Waals surface area contributed by atoms with Crippen LogP contribution in [0.3, 0.4) is 0 Å². The van der Waals surface area contributed by atoms with E-state index in [9.17, 15) is 4.79 Å². The van der Waals surface area contributed by atoms with E-state index in [-0.39, 0.29) is 5.78 Å². The molecule has 1 heterocycles. The number of benzene rings is 2. The van der Waals surface area contributed by atoms with Gasteiger partial charge < -0.3 is 19.5 Å². The highest BCUT2D eigenvalue weighted by Crippen LogP contribution is 2.45. The van der Waals surface area contributed by atoms with E-state index in [1.807, 2.05) is 56.3 Å². The first kappa shape index (κ1) is 17.5. The minimum atomic E-state index is 0.00362. The number of hydrogen-bond donors (Lipinski definition) is 1. The molecule has 1 aliphatic carbocycles. The largest absolute Gasteiger partial charge is 0.384 e. The highest BCUT2D eigenvalue weighted by Gasteiger charge is 2.32. The van der Waals surface area contributed by atoms with Crippen LogP contribution >= 0.6 is 0 Å². The summed E-state index contributed by atoms with van der Waals surface area (Å²) in [6.07, 6.45) is 0.865. The van der Waals surface area contributed by atoms with Gasteiger partial charge in [-0.3, -0.25) is 4.79 Å². The van der Waals surface area contributed by atoms with E-state index >= 15 is 0 Å². The van der Waals surface area contributed by atoms with Crippen molar-refractivity contribution in [1.82, 2.24) is 5.16 Å². The van der Waals surface area contributed by atoms with Crippen LogP contribution in [0.25, 0.3) is 22.2 Å². The molecule has 4 rings (SSSR count). The molecule has 1 aliphatic rings. The topological polar surface area (TPSA) is 67.6 Å². The standard InChI is InChI=1S/C21H23N3O3/c1-4-26-11-7-10-22-15-12-16(24(2)3)19-18-17(15)20(25)13-8-5-6-9-14(13)21(18)27-23-19/h5-6,8-9,12,22H,4,7,10-11H2,1-3H3. The lowest BCUT2D eigenvalue weighted by atomic mass is 9.86. The van der Waals surface area contributed by atoms with Crippen molar-refractivity contribution in [3.63, 3.8) is 0 Å². The fourth-order valence-corrected chi connectivity index (χ4v) is 3.56. The van der Waals surface area contributed by atoms with Crippen molar-refractivity contribution in [2.75, 3.05) is 44.1 Å². The Morgan fingerprint density at radius 1 is 1.22 bits per heavy atom. The maximum Gasteiger partial charge on any atom is 0.196 e. The average molecular weight is 365 g/mol. The molecule has 0 unspecified atom stereocenters. The van der Waals surface area contributed by atoms with Crippen molar-refractivity contribution in [2.24, 2.45) is 0 Å². The van der Waals surface area contributed by atoms with E-state index in [2.05, 4.69) is 10.5 Å². The Bertz CT molecular complexity index is 1010. The monoisotopic (exact) mass is 365 g/mol. The third-order valence-corrected chi connectivity index (χ3v) is 4.85. The van der Waals surface area contributed by atoms with Crippen LogP contribution < -0.4 is 10.2 Å². The number of anilines is 2. The summed E-state index contributed by atoms with van der Waals surface area (Å²) in [5.74, 6) is 0.667. The summed E-state index contributed by atoms with van der Waals surface area (Å²) in [4.78, 5) is 15.3. The number of ketones is 1. The van der Waals surface area contributed by atoms with Gasteiger partial charge in [-0.05, 0) is 19.4 Å². The second-order valence-electron chi connectivity index (χ2n) is 6.80. The zero-order valence-electron chi connectivity index (χ0n) is 15.8. The summed E-state index contributed by atoms with van der Waals surface area (Å²) < 4.78 is 11.1.